The third kappa shape index (κ3) is 3.70. The molecule has 0 saturated heterocycles. The minimum atomic E-state index is 0.124. The Labute approximate surface area is 179 Å². The fourth-order valence-electron chi connectivity index (χ4n) is 3.90. The van der Waals surface area contributed by atoms with E-state index >= 15 is 0 Å². The first-order valence-electron chi connectivity index (χ1n) is 10.6. The number of fused-ring (bicyclic) bond motifs is 2. The largest absolute Gasteiger partial charge is 0.473 e. The molecule has 0 radical (unpaired) electrons. The fourth-order valence-corrected chi connectivity index (χ4v) is 3.90. The van der Waals surface area contributed by atoms with Crippen LogP contribution in [0.3, 0.4) is 0 Å². The van der Waals surface area contributed by atoms with Crippen LogP contribution in [-0.2, 0) is 4.74 Å². The monoisotopic (exact) mass is 422 g/mol. The number of hydrogen-bond donors (Lipinski definition) is 1. The number of anilines is 1. The molecule has 162 valence electrons. The van der Waals surface area contributed by atoms with Crippen LogP contribution in [0.4, 0.5) is 5.82 Å². The molecule has 1 saturated carbocycles. The van der Waals surface area contributed by atoms with Gasteiger partial charge in [0.05, 0.1) is 18.2 Å². The molecule has 0 bridgehead atoms. The van der Waals surface area contributed by atoms with E-state index in [2.05, 4.69) is 26.9 Å². The summed E-state index contributed by atoms with van der Waals surface area (Å²) in [7, 11) is 1.70. The Hall–Kier alpha value is -3.17. The lowest BCUT2D eigenvalue weighted by Crippen LogP contribution is -2.43. The van der Waals surface area contributed by atoms with Crippen molar-refractivity contribution in [3.05, 3.63) is 36.7 Å². The zero-order chi connectivity index (χ0) is 21.4. The molecule has 4 aromatic heterocycles. The lowest BCUT2D eigenvalue weighted by molar-refractivity contribution is 0.0944. The third-order valence-electron chi connectivity index (χ3n) is 5.68. The number of rotatable bonds is 8. The Morgan fingerprint density at radius 1 is 1.26 bits per heavy atom. The fraction of sp³-hybridized carbons (Fsp3) is 0.409. The predicted octanol–water partition coefficient (Wildman–Crippen LogP) is 2.88. The van der Waals surface area contributed by atoms with Crippen molar-refractivity contribution >= 4 is 22.4 Å². The van der Waals surface area contributed by atoms with Gasteiger partial charge in [0.1, 0.15) is 23.2 Å². The molecular formula is C22H26N6O3. The average Bonchev–Trinajstić information content (AvgIpc) is 3.37. The molecule has 4 heterocycles. The van der Waals surface area contributed by atoms with E-state index in [-0.39, 0.29) is 12.1 Å². The second-order valence-corrected chi connectivity index (χ2v) is 7.79. The van der Waals surface area contributed by atoms with Gasteiger partial charge in [0, 0.05) is 38.5 Å². The standard InChI is InChI=1S/C22H26N6O3/c1-3-27(8-9-29-2)22-16-12-19(31-18(16)6-7-24-22)17-13-25-20-4-5-21(26-28(17)20)30-15-10-14(23)11-15/h4-7,12-15H,3,8-11,23H2,1-2H3/t14-,15-. The van der Waals surface area contributed by atoms with Crippen LogP contribution in [-0.4, -0.2) is 58.5 Å². The number of nitrogens with zero attached hydrogens (tertiary/aromatic N) is 5. The molecule has 9 nitrogen and oxygen atoms in total. The molecule has 1 aliphatic rings. The van der Waals surface area contributed by atoms with Crippen LogP contribution >= 0.6 is 0 Å². The predicted molar refractivity (Wildman–Crippen MR) is 117 cm³/mol. The van der Waals surface area contributed by atoms with Crippen molar-refractivity contribution in [1.82, 2.24) is 19.6 Å². The highest BCUT2D eigenvalue weighted by atomic mass is 16.5. The summed E-state index contributed by atoms with van der Waals surface area (Å²) in [5.41, 5.74) is 8.11. The van der Waals surface area contributed by atoms with Crippen molar-refractivity contribution in [2.24, 2.45) is 5.73 Å². The number of methoxy groups -OCH3 is 1. The van der Waals surface area contributed by atoms with Crippen LogP contribution in [0.1, 0.15) is 19.8 Å². The summed E-state index contributed by atoms with van der Waals surface area (Å²) >= 11 is 0. The number of nitrogens with two attached hydrogens (primary N) is 1. The number of ether oxygens (including phenoxy) is 2. The zero-order valence-corrected chi connectivity index (χ0v) is 17.7. The Kier molecular flexibility index (Phi) is 5.21. The lowest BCUT2D eigenvalue weighted by Gasteiger charge is -2.31. The van der Waals surface area contributed by atoms with Gasteiger partial charge in [-0.1, -0.05) is 0 Å². The number of hydrogen-bond acceptors (Lipinski definition) is 8. The van der Waals surface area contributed by atoms with Gasteiger partial charge in [-0.3, -0.25) is 0 Å². The van der Waals surface area contributed by atoms with Crippen LogP contribution in [0, 0.1) is 0 Å². The van der Waals surface area contributed by atoms with E-state index in [1.165, 1.54) is 0 Å². The summed E-state index contributed by atoms with van der Waals surface area (Å²) in [5.74, 6) is 2.10. The maximum atomic E-state index is 6.17. The van der Waals surface area contributed by atoms with Crippen LogP contribution in [0.5, 0.6) is 5.88 Å². The Morgan fingerprint density at radius 3 is 2.90 bits per heavy atom. The Balaban J connectivity index is 1.51. The number of likely N-dealkylation sites (N-methyl/N-ethyl adjacent to an activating group) is 1. The molecule has 0 atom stereocenters. The van der Waals surface area contributed by atoms with Crippen LogP contribution in [0.15, 0.2) is 41.1 Å². The SMILES string of the molecule is CCN(CCOC)c1nccc2oc(-c3cnc4ccc(O[C@H]5C[C@H](N)C5)nn34)cc12. The van der Waals surface area contributed by atoms with Gasteiger partial charge in [-0.2, -0.15) is 0 Å². The van der Waals surface area contributed by atoms with E-state index in [4.69, 9.17) is 19.6 Å². The van der Waals surface area contributed by atoms with Crippen molar-refractivity contribution in [3.63, 3.8) is 0 Å². The van der Waals surface area contributed by atoms with Crippen molar-refractivity contribution in [2.45, 2.75) is 31.9 Å². The van der Waals surface area contributed by atoms with E-state index in [1.807, 2.05) is 24.3 Å². The first kappa shape index (κ1) is 19.8. The van der Waals surface area contributed by atoms with Gasteiger partial charge in [0.15, 0.2) is 11.4 Å². The van der Waals surface area contributed by atoms with E-state index in [0.717, 1.165) is 54.1 Å². The molecule has 5 rings (SSSR count). The summed E-state index contributed by atoms with van der Waals surface area (Å²) in [4.78, 5) is 11.2. The quantitative estimate of drug-likeness (QED) is 0.462. The second kappa shape index (κ2) is 8.16. The highest BCUT2D eigenvalue weighted by Crippen LogP contribution is 2.33. The van der Waals surface area contributed by atoms with Crippen LogP contribution in [0.25, 0.3) is 28.1 Å². The van der Waals surface area contributed by atoms with Gasteiger partial charge in [-0.15, -0.1) is 5.10 Å². The normalized spacial score (nSPS) is 18.4. The Morgan fingerprint density at radius 2 is 2.13 bits per heavy atom. The number of imidazole rings is 1. The van der Waals surface area contributed by atoms with E-state index in [1.54, 1.807) is 24.0 Å². The molecule has 0 spiro atoms. The molecule has 4 aromatic rings. The maximum Gasteiger partial charge on any atom is 0.232 e. The van der Waals surface area contributed by atoms with E-state index in [0.29, 0.717) is 18.2 Å². The molecule has 0 unspecified atom stereocenters. The topological polar surface area (TPSA) is 104 Å². The van der Waals surface area contributed by atoms with Gasteiger partial charge in [-0.05, 0) is 38.0 Å². The van der Waals surface area contributed by atoms with Gasteiger partial charge in [0.2, 0.25) is 5.88 Å². The second-order valence-electron chi connectivity index (χ2n) is 7.79. The summed E-state index contributed by atoms with van der Waals surface area (Å²) in [6, 6.07) is 7.83. The highest BCUT2D eigenvalue weighted by Gasteiger charge is 2.28. The Bertz CT molecular complexity index is 1200. The van der Waals surface area contributed by atoms with E-state index < -0.39 is 0 Å². The lowest BCUT2D eigenvalue weighted by atomic mass is 9.90. The van der Waals surface area contributed by atoms with Crippen molar-refractivity contribution in [2.75, 3.05) is 31.7 Å². The molecule has 0 amide bonds. The van der Waals surface area contributed by atoms with Crippen LogP contribution in [0.2, 0.25) is 0 Å². The van der Waals surface area contributed by atoms with Gasteiger partial charge in [-0.25, -0.2) is 14.5 Å². The zero-order valence-electron chi connectivity index (χ0n) is 17.7. The third-order valence-corrected chi connectivity index (χ3v) is 5.68. The summed E-state index contributed by atoms with van der Waals surface area (Å²) in [6.07, 6.45) is 5.36. The highest BCUT2D eigenvalue weighted by molar-refractivity contribution is 5.91. The van der Waals surface area contributed by atoms with Gasteiger partial charge < -0.3 is 24.5 Å². The molecule has 2 N–H and O–H groups in total. The van der Waals surface area contributed by atoms with Crippen LogP contribution < -0.4 is 15.4 Å². The molecule has 9 heteroatoms. The molecule has 0 aliphatic heterocycles. The number of furan rings is 1. The first-order valence-corrected chi connectivity index (χ1v) is 10.6. The summed E-state index contributed by atoms with van der Waals surface area (Å²) < 4.78 is 19.1. The summed E-state index contributed by atoms with van der Waals surface area (Å²) in [6.45, 7) is 4.30. The van der Waals surface area contributed by atoms with Crippen molar-refractivity contribution in [1.29, 1.82) is 0 Å². The van der Waals surface area contributed by atoms with Crippen molar-refractivity contribution < 1.29 is 13.9 Å². The smallest absolute Gasteiger partial charge is 0.232 e. The minimum Gasteiger partial charge on any atom is -0.473 e. The number of pyridine rings is 1. The molecule has 1 fully saturated rings. The molecule has 31 heavy (non-hydrogen) atoms. The van der Waals surface area contributed by atoms with Crippen molar-refractivity contribution in [3.8, 4) is 17.3 Å². The minimum absolute atomic E-state index is 0.124. The molecule has 1 aliphatic carbocycles. The van der Waals surface area contributed by atoms with E-state index in [9.17, 15) is 0 Å². The summed E-state index contributed by atoms with van der Waals surface area (Å²) in [5, 5.41) is 5.58. The molecular weight excluding hydrogens is 396 g/mol. The van der Waals surface area contributed by atoms with Gasteiger partial charge in [0.25, 0.3) is 0 Å². The molecule has 0 aromatic carbocycles. The number of aromatic nitrogens is 4. The maximum absolute atomic E-state index is 6.17. The van der Waals surface area contributed by atoms with Gasteiger partial charge >= 0.3 is 0 Å². The average molecular weight is 422 g/mol. The first-order chi connectivity index (χ1) is 15.2.